The first kappa shape index (κ1) is 20.9. The van der Waals surface area contributed by atoms with E-state index in [-0.39, 0.29) is 24.9 Å². The standard InChI is InChI=1S/C15H21N3O4.ClH/c1-10(15(21)22)18(3)9-12(19)17-13(14(20)16-2)11-7-5-4-6-8-11;/h4-8,10,13H,9H2,1-3H3,(H,16,20)(H,17,19)(H,21,22);1H. The van der Waals surface area contributed by atoms with Crippen molar-refractivity contribution in [2.24, 2.45) is 0 Å². The average Bonchev–Trinajstić information content (AvgIpc) is 2.51. The molecule has 0 aromatic heterocycles. The van der Waals surface area contributed by atoms with Crippen LogP contribution in [0.25, 0.3) is 0 Å². The lowest BCUT2D eigenvalue weighted by molar-refractivity contribution is -0.142. The van der Waals surface area contributed by atoms with Gasteiger partial charge in [-0.2, -0.15) is 0 Å². The van der Waals surface area contributed by atoms with Gasteiger partial charge in [-0.25, -0.2) is 0 Å². The van der Waals surface area contributed by atoms with Gasteiger partial charge in [0, 0.05) is 7.05 Å². The normalized spacial score (nSPS) is 12.7. The van der Waals surface area contributed by atoms with Crippen LogP contribution in [0.1, 0.15) is 18.5 Å². The fraction of sp³-hybridized carbons (Fsp3) is 0.400. The Labute approximate surface area is 141 Å². The smallest absolute Gasteiger partial charge is 0.320 e. The number of hydrogen-bond acceptors (Lipinski definition) is 4. The highest BCUT2D eigenvalue weighted by molar-refractivity contribution is 5.89. The van der Waals surface area contributed by atoms with Crippen molar-refractivity contribution in [2.75, 3.05) is 20.6 Å². The van der Waals surface area contributed by atoms with Gasteiger partial charge in [-0.15, -0.1) is 12.4 Å². The molecule has 0 fully saturated rings. The molecule has 128 valence electrons. The van der Waals surface area contributed by atoms with Gasteiger partial charge in [-0.05, 0) is 19.5 Å². The van der Waals surface area contributed by atoms with Crippen molar-refractivity contribution in [3.05, 3.63) is 35.9 Å². The van der Waals surface area contributed by atoms with Crippen LogP contribution in [0, 0.1) is 0 Å². The summed E-state index contributed by atoms with van der Waals surface area (Å²) in [4.78, 5) is 36.3. The molecule has 0 aliphatic carbocycles. The Bertz CT molecular complexity index is 539. The number of halogens is 1. The number of hydrogen-bond donors (Lipinski definition) is 3. The number of nitrogens with zero attached hydrogens (tertiary/aromatic N) is 1. The topological polar surface area (TPSA) is 98.7 Å². The molecule has 1 rings (SSSR count). The lowest BCUT2D eigenvalue weighted by atomic mass is 10.1. The number of carbonyl (C=O) groups is 3. The summed E-state index contributed by atoms with van der Waals surface area (Å²) in [6, 6.07) is 7.24. The number of rotatable bonds is 7. The van der Waals surface area contributed by atoms with E-state index >= 15 is 0 Å². The molecule has 7 nitrogen and oxygen atoms in total. The second-order valence-electron chi connectivity index (χ2n) is 4.95. The molecule has 0 aliphatic heterocycles. The molecule has 0 saturated carbocycles. The summed E-state index contributed by atoms with van der Waals surface area (Å²) in [6.45, 7) is 1.37. The minimum atomic E-state index is -1.01. The lowest BCUT2D eigenvalue weighted by Gasteiger charge is -2.23. The summed E-state index contributed by atoms with van der Waals surface area (Å²) in [5.74, 6) is -1.78. The summed E-state index contributed by atoms with van der Waals surface area (Å²) in [5, 5.41) is 14.0. The molecule has 3 N–H and O–H groups in total. The predicted octanol–water partition coefficient (Wildman–Crippen LogP) is 0.417. The second kappa shape index (κ2) is 9.81. The first-order valence-electron chi connectivity index (χ1n) is 6.85. The number of carboxylic acid groups (broad SMARTS) is 1. The van der Waals surface area contributed by atoms with Gasteiger partial charge in [0.15, 0.2) is 0 Å². The number of aliphatic carboxylic acids is 1. The molecule has 1 aromatic rings. The molecule has 1 aromatic carbocycles. The number of amides is 2. The van der Waals surface area contributed by atoms with E-state index in [2.05, 4.69) is 10.6 Å². The quantitative estimate of drug-likeness (QED) is 0.666. The fourth-order valence-electron chi connectivity index (χ4n) is 1.85. The molecule has 0 radical (unpaired) electrons. The Kier molecular flexibility index (Phi) is 8.90. The van der Waals surface area contributed by atoms with Gasteiger partial charge < -0.3 is 15.7 Å². The van der Waals surface area contributed by atoms with Crippen LogP contribution in [0.2, 0.25) is 0 Å². The van der Waals surface area contributed by atoms with E-state index in [9.17, 15) is 14.4 Å². The number of carboxylic acids is 1. The SMILES string of the molecule is CNC(=O)C(NC(=O)CN(C)C(C)C(=O)O)c1ccccc1.Cl. The molecule has 2 unspecified atom stereocenters. The van der Waals surface area contributed by atoms with Crippen molar-refractivity contribution in [2.45, 2.75) is 19.0 Å². The minimum absolute atomic E-state index is 0. The maximum Gasteiger partial charge on any atom is 0.320 e. The Morgan fingerprint density at radius 3 is 2.26 bits per heavy atom. The minimum Gasteiger partial charge on any atom is -0.480 e. The molecule has 2 amide bonds. The van der Waals surface area contributed by atoms with E-state index in [4.69, 9.17) is 5.11 Å². The van der Waals surface area contributed by atoms with Gasteiger partial charge >= 0.3 is 5.97 Å². The first-order valence-corrected chi connectivity index (χ1v) is 6.85. The Hall–Kier alpha value is -2.12. The van der Waals surface area contributed by atoms with Crippen molar-refractivity contribution >= 4 is 30.2 Å². The maximum absolute atomic E-state index is 12.1. The third kappa shape index (κ3) is 6.25. The van der Waals surface area contributed by atoms with Gasteiger partial charge in [-0.1, -0.05) is 30.3 Å². The van der Waals surface area contributed by atoms with E-state index < -0.39 is 24.0 Å². The van der Waals surface area contributed by atoms with Crippen LogP contribution in [0.3, 0.4) is 0 Å². The maximum atomic E-state index is 12.1. The van der Waals surface area contributed by atoms with E-state index in [1.165, 1.54) is 25.9 Å². The Balaban J connectivity index is 0.00000484. The van der Waals surface area contributed by atoms with Gasteiger partial charge in [0.05, 0.1) is 6.54 Å². The van der Waals surface area contributed by atoms with Crippen LogP contribution < -0.4 is 10.6 Å². The van der Waals surface area contributed by atoms with Crippen LogP contribution >= 0.6 is 12.4 Å². The van der Waals surface area contributed by atoms with Crippen molar-refractivity contribution < 1.29 is 19.5 Å². The molecule has 0 saturated heterocycles. The first-order chi connectivity index (χ1) is 10.4. The predicted molar refractivity (Wildman–Crippen MR) is 88.4 cm³/mol. The molecule has 23 heavy (non-hydrogen) atoms. The third-order valence-corrected chi connectivity index (χ3v) is 3.36. The summed E-state index contributed by atoms with van der Waals surface area (Å²) in [6.07, 6.45) is 0. The van der Waals surface area contributed by atoms with Crippen LogP contribution in [-0.4, -0.2) is 54.5 Å². The number of carbonyl (C=O) groups excluding carboxylic acids is 2. The highest BCUT2D eigenvalue weighted by atomic mass is 35.5. The molecular weight excluding hydrogens is 322 g/mol. The molecule has 2 atom stereocenters. The summed E-state index contributed by atoms with van der Waals surface area (Å²) >= 11 is 0. The van der Waals surface area contributed by atoms with E-state index in [0.717, 1.165) is 0 Å². The van der Waals surface area contributed by atoms with Crippen LogP contribution in [-0.2, 0) is 14.4 Å². The summed E-state index contributed by atoms with van der Waals surface area (Å²) < 4.78 is 0. The highest BCUT2D eigenvalue weighted by Gasteiger charge is 2.24. The molecule has 0 spiro atoms. The zero-order valence-electron chi connectivity index (χ0n) is 13.3. The number of likely N-dealkylation sites (N-methyl/N-ethyl adjacent to an activating group) is 2. The number of benzene rings is 1. The van der Waals surface area contributed by atoms with Crippen molar-refractivity contribution in [3.63, 3.8) is 0 Å². The van der Waals surface area contributed by atoms with Crippen LogP contribution in [0.15, 0.2) is 30.3 Å². The third-order valence-electron chi connectivity index (χ3n) is 3.36. The van der Waals surface area contributed by atoms with Crippen molar-refractivity contribution in [3.8, 4) is 0 Å². The molecule has 0 aliphatic rings. The Morgan fingerprint density at radius 1 is 1.22 bits per heavy atom. The summed E-state index contributed by atoms with van der Waals surface area (Å²) in [5.41, 5.74) is 0.657. The zero-order valence-corrected chi connectivity index (χ0v) is 14.1. The zero-order chi connectivity index (χ0) is 16.7. The van der Waals surface area contributed by atoms with Gasteiger partial charge in [0.1, 0.15) is 12.1 Å². The molecule has 8 heteroatoms. The van der Waals surface area contributed by atoms with Gasteiger partial charge in [0.2, 0.25) is 11.8 Å². The van der Waals surface area contributed by atoms with E-state index in [1.807, 2.05) is 6.07 Å². The molecular formula is C15H22ClN3O4. The summed E-state index contributed by atoms with van der Waals surface area (Å²) in [7, 11) is 3.03. The monoisotopic (exact) mass is 343 g/mol. The largest absolute Gasteiger partial charge is 0.480 e. The van der Waals surface area contributed by atoms with E-state index in [0.29, 0.717) is 5.56 Å². The average molecular weight is 344 g/mol. The van der Waals surface area contributed by atoms with Gasteiger partial charge in [0.25, 0.3) is 0 Å². The molecule has 0 heterocycles. The lowest BCUT2D eigenvalue weighted by Crippen LogP contribution is -2.46. The van der Waals surface area contributed by atoms with Crippen LogP contribution in [0.4, 0.5) is 0 Å². The number of nitrogens with one attached hydrogen (secondary N) is 2. The van der Waals surface area contributed by atoms with Crippen LogP contribution in [0.5, 0.6) is 0 Å². The highest BCUT2D eigenvalue weighted by Crippen LogP contribution is 2.12. The molecule has 0 bridgehead atoms. The fourth-order valence-corrected chi connectivity index (χ4v) is 1.85. The van der Waals surface area contributed by atoms with Crippen molar-refractivity contribution in [1.82, 2.24) is 15.5 Å². The Morgan fingerprint density at radius 2 is 1.78 bits per heavy atom. The second-order valence-corrected chi connectivity index (χ2v) is 4.95. The van der Waals surface area contributed by atoms with E-state index in [1.54, 1.807) is 24.3 Å². The van der Waals surface area contributed by atoms with Gasteiger partial charge in [-0.3, -0.25) is 19.3 Å². The van der Waals surface area contributed by atoms with Crippen molar-refractivity contribution in [1.29, 1.82) is 0 Å².